The van der Waals surface area contributed by atoms with Crippen molar-refractivity contribution >= 4 is 39.7 Å². The Kier molecular flexibility index (Phi) is 6.98. The first kappa shape index (κ1) is 22.8. The number of benzene rings is 2. The Bertz CT molecular complexity index is 1110. The summed E-state index contributed by atoms with van der Waals surface area (Å²) in [4.78, 5) is 15.6. The summed E-state index contributed by atoms with van der Waals surface area (Å²) in [6, 6.07) is 12.3. The molecule has 174 valence electrons. The van der Waals surface area contributed by atoms with Crippen molar-refractivity contribution in [3.8, 4) is 11.5 Å². The lowest BCUT2D eigenvalue weighted by molar-refractivity contribution is 0.355. The van der Waals surface area contributed by atoms with E-state index in [1.54, 1.807) is 20.5 Å². The highest BCUT2D eigenvalue weighted by Crippen LogP contribution is 2.34. The number of rotatable bonds is 6. The van der Waals surface area contributed by atoms with E-state index in [-0.39, 0.29) is 0 Å². The van der Waals surface area contributed by atoms with Gasteiger partial charge in [0.05, 0.1) is 19.7 Å². The van der Waals surface area contributed by atoms with Crippen molar-refractivity contribution in [2.45, 2.75) is 6.54 Å². The quantitative estimate of drug-likeness (QED) is 0.553. The van der Waals surface area contributed by atoms with E-state index < -0.39 is 0 Å². The van der Waals surface area contributed by atoms with Crippen molar-refractivity contribution in [2.75, 3.05) is 64.3 Å². The first-order valence-electron chi connectivity index (χ1n) is 10.9. The van der Waals surface area contributed by atoms with Crippen LogP contribution in [0.25, 0.3) is 10.9 Å². The molecule has 1 N–H and O–H groups in total. The molecule has 4 rings (SSSR count). The maximum atomic E-state index is 5.67. The highest BCUT2D eigenvalue weighted by atomic mass is 32.1. The fourth-order valence-corrected chi connectivity index (χ4v) is 4.20. The summed E-state index contributed by atoms with van der Waals surface area (Å²) in [6.07, 6.45) is 1.60. The van der Waals surface area contributed by atoms with Crippen molar-refractivity contribution in [1.82, 2.24) is 20.2 Å². The predicted octanol–water partition coefficient (Wildman–Crippen LogP) is 2.91. The van der Waals surface area contributed by atoms with Crippen LogP contribution >= 0.6 is 12.2 Å². The van der Waals surface area contributed by atoms with E-state index in [4.69, 9.17) is 21.7 Å². The number of hydrogen-bond donors (Lipinski definition) is 1. The molecule has 0 bridgehead atoms. The predicted molar refractivity (Wildman–Crippen MR) is 137 cm³/mol. The number of thiocarbonyl (C=S) groups is 1. The lowest BCUT2D eigenvalue weighted by atomic mass is 10.2. The molecule has 33 heavy (non-hydrogen) atoms. The van der Waals surface area contributed by atoms with Gasteiger partial charge in [-0.2, -0.15) is 0 Å². The van der Waals surface area contributed by atoms with E-state index in [0.29, 0.717) is 18.0 Å². The Morgan fingerprint density at radius 2 is 1.67 bits per heavy atom. The van der Waals surface area contributed by atoms with Crippen LogP contribution in [0.5, 0.6) is 11.5 Å². The van der Waals surface area contributed by atoms with Crippen LogP contribution < -0.4 is 24.6 Å². The summed E-state index contributed by atoms with van der Waals surface area (Å²) >= 11 is 5.67. The molecule has 1 aliphatic heterocycles. The van der Waals surface area contributed by atoms with Gasteiger partial charge in [-0.25, -0.2) is 9.97 Å². The number of aromatic nitrogens is 2. The zero-order valence-electron chi connectivity index (χ0n) is 19.5. The van der Waals surface area contributed by atoms with Gasteiger partial charge >= 0.3 is 0 Å². The lowest BCUT2D eigenvalue weighted by Crippen LogP contribution is -2.51. The Hall–Kier alpha value is -3.33. The van der Waals surface area contributed by atoms with E-state index in [2.05, 4.69) is 54.2 Å². The molecule has 0 unspecified atom stereocenters. The summed E-state index contributed by atoms with van der Waals surface area (Å²) in [5.41, 5.74) is 3.22. The molecule has 1 aliphatic rings. The number of anilines is 2. The zero-order valence-corrected chi connectivity index (χ0v) is 20.4. The Balaban J connectivity index is 1.38. The van der Waals surface area contributed by atoms with Gasteiger partial charge in [-0.15, -0.1) is 0 Å². The molecule has 3 aromatic rings. The third kappa shape index (κ3) is 5.03. The number of nitrogens with one attached hydrogen (secondary N) is 1. The van der Waals surface area contributed by atoms with Crippen LogP contribution in [0.3, 0.4) is 0 Å². The van der Waals surface area contributed by atoms with Gasteiger partial charge in [-0.1, -0.05) is 12.1 Å². The fourth-order valence-electron chi connectivity index (χ4n) is 3.94. The van der Waals surface area contributed by atoms with E-state index in [1.165, 1.54) is 11.3 Å². The molecule has 2 aromatic carbocycles. The monoisotopic (exact) mass is 466 g/mol. The van der Waals surface area contributed by atoms with Gasteiger partial charge in [0.15, 0.2) is 16.6 Å². The molecule has 0 atom stereocenters. The smallest absolute Gasteiger partial charge is 0.169 e. The zero-order chi connectivity index (χ0) is 23.4. The van der Waals surface area contributed by atoms with Crippen LogP contribution in [0.15, 0.2) is 42.7 Å². The number of fused-ring (bicyclic) bond motifs is 1. The van der Waals surface area contributed by atoms with Crippen molar-refractivity contribution in [1.29, 1.82) is 0 Å². The maximum absolute atomic E-state index is 5.67. The van der Waals surface area contributed by atoms with Crippen LogP contribution in [0.1, 0.15) is 5.56 Å². The largest absolute Gasteiger partial charge is 0.493 e. The average Bonchev–Trinajstić information content (AvgIpc) is 2.86. The molecule has 1 saturated heterocycles. The first-order chi connectivity index (χ1) is 16.0. The summed E-state index contributed by atoms with van der Waals surface area (Å²) < 4.78 is 10.9. The third-order valence-corrected chi connectivity index (χ3v) is 6.29. The maximum Gasteiger partial charge on any atom is 0.169 e. The molecule has 1 aromatic heterocycles. The summed E-state index contributed by atoms with van der Waals surface area (Å²) in [5.74, 6) is 2.23. The second kappa shape index (κ2) is 10.1. The summed E-state index contributed by atoms with van der Waals surface area (Å²) in [7, 11) is 7.34. The standard InChI is InChI=1S/C24H30N6O2S/c1-28(2)18-7-5-17(6-8-18)15-25-24(33)30-11-9-29(10-12-30)23-19-13-21(31-3)22(32-4)14-20(19)26-16-27-23/h5-8,13-14,16H,9-12,15H2,1-4H3,(H,25,33). The minimum absolute atomic E-state index is 0.659. The second-order valence-electron chi connectivity index (χ2n) is 8.12. The molecular formula is C24H30N6O2S. The molecule has 0 radical (unpaired) electrons. The van der Waals surface area contributed by atoms with Crippen LogP contribution in [0, 0.1) is 0 Å². The van der Waals surface area contributed by atoms with Gasteiger partial charge in [0.1, 0.15) is 12.1 Å². The molecule has 0 saturated carbocycles. The number of ether oxygens (including phenoxy) is 2. The van der Waals surface area contributed by atoms with Crippen molar-refractivity contribution in [3.63, 3.8) is 0 Å². The van der Waals surface area contributed by atoms with Gasteiger partial charge in [-0.05, 0) is 36.0 Å². The minimum atomic E-state index is 0.659. The number of nitrogens with zero attached hydrogens (tertiary/aromatic N) is 5. The highest BCUT2D eigenvalue weighted by molar-refractivity contribution is 7.80. The number of methoxy groups -OCH3 is 2. The SMILES string of the molecule is COc1cc2ncnc(N3CCN(C(=S)NCc4ccc(N(C)C)cc4)CC3)c2cc1OC. The molecular weight excluding hydrogens is 436 g/mol. The first-order valence-corrected chi connectivity index (χ1v) is 11.3. The molecule has 9 heteroatoms. The summed E-state index contributed by atoms with van der Waals surface area (Å²) in [5, 5.41) is 5.13. The number of hydrogen-bond acceptors (Lipinski definition) is 7. The van der Waals surface area contributed by atoms with E-state index in [0.717, 1.165) is 48.0 Å². The van der Waals surface area contributed by atoms with Crippen LogP contribution in [0.2, 0.25) is 0 Å². The van der Waals surface area contributed by atoms with E-state index >= 15 is 0 Å². The van der Waals surface area contributed by atoms with Crippen molar-refractivity contribution < 1.29 is 9.47 Å². The third-order valence-electron chi connectivity index (χ3n) is 5.88. The highest BCUT2D eigenvalue weighted by Gasteiger charge is 2.22. The van der Waals surface area contributed by atoms with Gasteiger partial charge in [0, 0.05) is 64.0 Å². The Morgan fingerprint density at radius 3 is 2.30 bits per heavy atom. The van der Waals surface area contributed by atoms with Gasteiger partial charge in [-0.3, -0.25) is 0 Å². The lowest BCUT2D eigenvalue weighted by Gasteiger charge is -2.37. The molecule has 8 nitrogen and oxygen atoms in total. The van der Waals surface area contributed by atoms with Gasteiger partial charge in [0.2, 0.25) is 0 Å². The van der Waals surface area contributed by atoms with E-state index in [1.807, 2.05) is 26.2 Å². The topological polar surface area (TPSA) is 66.0 Å². The Labute approximate surface area is 200 Å². The normalized spacial score (nSPS) is 13.7. The van der Waals surface area contributed by atoms with E-state index in [9.17, 15) is 0 Å². The van der Waals surface area contributed by atoms with Crippen molar-refractivity contribution in [3.05, 3.63) is 48.3 Å². The second-order valence-corrected chi connectivity index (χ2v) is 8.50. The van der Waals surface area contributed by atoms with Gasteiger partial charge in [0.25, 0.3) is 0 Å². The van der Waals surface area contributed by atoms with Crippen molar-refractivity contribution in [2.24, 2.45) is 0 Å². The fraction of sp³-hybridized carbons (Fsp3) is 0.375. The van der Waals surface area contributed by atoms with Gasteiger partial charge < -0.3 is 29.5 Å². The molecule has 0 aliphatic carbocycles. The van der Waals surface area contributed by atoms with Crippen LogP contribution in [-0.2, 0) is 6.54 Å². The molecule has 0 spiro atoms. The van der Waals surface area contributed by atoms with Crippen LogP contribution in [-0.4, -0.2) is 74.5 Å². The molecule has 1 fully saturated rings. The Morgan fingerprint density at radius 1 is 1.00 bits per heavy atom. The van der Waals surface area contributed by atoms with Crippen LogP contribution in [0.4, 0.5) is 11.5 Å². The minimum Gasteiger partial charge on any atom is -0.493 e. The summed E-state index contributed by atoms with van der Waals surface area (Å²) in [6.45, 7) is 4.00. The molecule has 0 amide bonds. The average molecular weight is 467 g/mol. The molecule has 2 heterocycles. The number of piperazine rings is 1.